The fraction of sp³-hybridized carbons (Fsp3) is 0.800. The van der Waals surface area contributed by atoms with E-state index in [-0.39, 0.29) is 6.10 Å². The number of carbonyl (C=O) groups excluding carboxylic acids is 1. The van der Waals surface area contributed by atoms with Crippen LogP contribution in [0.2, 0.25) is 0 Å². The number of aliphatic hydroxyl groups excluding tert-OH is 1. The monoisotopic (exact) mass is 234 g/mol. The van der Waals surface area contributed by atoms with Gasteiger partial charge >= 0.3 is 0 Å². The lowest BCUT2D eigenvalue weighted by atomic mass is 9.72. The summed E-state index contributed by atoms with van der Waals surface area (Å²) in [5, 5.41) is 10.0. The van der Waals surface area contributed by atoms with Crippen LogP contribution in [0.5, 0.6) is 0 Å². The lowest BCUT2D eigenvalue weighted by molar-refractivity contribution is -0.118. The summed E-state index contributed by atoms with van der Waals surface area (Å²) in [6.45, 7) is 0. The highest BCUT2D eigenvalue weighted by atomic mass is 16.3. The van der Waals surface area contributed by atoms with Crippen molar-refractivity contribution in [2.75, 3.05) is 0 Å². The van der Waals surface area contributed by atoms with E-state index in [2.05, 4.69) is 0 Å². The predicted octanol–water partition coefficient (Wildman–Crippen LogP) is 3.00. The SMILES string of the molecule is O=C1CCC2=C(CC[C@H]([C@@H]3CCC[C@@H]3O)C2)C1. The van der Waals surface area contributed by atoms with Gasteiger partial charge < -0.3 is 5.11 Å². The Morgan fingerprint density at radius 3 is 2.65 bits per heavy atom. The molecule has 0 aromatic rings. The van der Waals surface area contributed by atoms with Gasteiger partial charge in [-0.2, -0.15) is 0 Å². The van der Waals surface area contributed by atoms with Crippen LogP contribution < -0.4 is 0 Å². The number of hydrogen-bond donors (Lipinski definition) is 1. The van der Waals surface area contributed by atoms with Gasteiger partial charge in [0.15, 0.2) is 0 Å². The lowest BCUT2D eigenvalue weighted by Crippen LogP contribution is -2.27. The van der Waals surface area contributed by atoms with Gasteiger partial charge in [-0.25, -0.2) is 0 Å². The number of aliphatic hydroxyl groups is 1. The first-order chi connectivity index (χ1) is 8.24. The molecule has 0 aliphatic heterocycles. The predicted molar refractivity (Wildman–Crippen MR) is 66.6 cm³/mol. The lowest BCUT2D eigenvalue weighted by Gasteiger charge is -2.34. The second-order valence-corrected chi connectivity index (χ2v) is 6.09. The van der Waals surface area contributed by atoms with Crippen molar-refractivity contribution >= 4 is 5.78 Å². The minimum atomic E-state index is -0.0487. The minimum Gasteiger partial charge on any atom is -0.393 e. The molecule has 3 aliphatic carbocycles. The Labute approximate surface area is 103 Å². The van der Waals surface area contributed by atoms with Gasteiger partial charge in [-0.15, -0.1) is 0 Å². The summed E-state index contributed by atoms with van der Waals surface area (Å²) in [6, 6.07) is 0. The molecule has 1 saturated carbocycles. The molecular formula is C15H22O2. The number of hydrogen-bond acceptors (Lipinski definition) is 2. The summed E-state index contributed by atoms with van der Waals surface area (Å²) in [4.78, 5) is 11.4. The summed E-state index contributed by atoms with van der Waals surface area (Å²) < 4.78 is 0. The van der Waals surface area contributed by atoms with E-state index >= 15 is 0 Å². The topological polar surface area (TPSA) is 37.3 Å². The van der Waals surface area contributed by atoms with Crippen molar-refractivity contribution in [3.63, 3.8) is 0 Å². The second-order valence-electron chi connectivity index (χ2n) is 6.09. The maximum atomic E-state index is 11.4. The maximum absolute atomic E-state index is 11.4. The Bertz CT molecular complexity index is 356. The Balaban J connectivity index is 1.70. The average molecular weight is 234 g/mol. The fourth-order valence-corrected chi connectivity index (χ4v) is 4.09. The number of allylic oxidation sites excluding steroid dienone is 2. The summed E-state index contributed by atoms with van der Waals surface area (Å²) in [7, 11) is 0. The van der Waals surface area contributed by atoms with Gasteiger partial charge in [0.25, 0.3) is 0 Å². The van der Waals surface area contributed by atoms with Crippen molar-refractivity contribution in [1.82, 2.24) is 0 Å². The van der Waals surface area contributed by atoms with Gasteiger partial charge in [0.05, 0.1) is 6.10 Å². The van der Waals surface area contributed by atoms with Crippen LogP contribution in [0.1, 0.15) is 57.8 Å². The molecule has 2 heteroatoms. The van der Waals surface area contributed by atoms with E-state index in [1.54, 1.807) is 5.57 Å². The fourth-order valence-electron chi connectivity index (χ4n) is 4.09. The highest BCUT2D eigenvalue weighted by Crippen LogP contribution is 2.44. The van der Waals surface area contributed by atoms with E-state index in [0.717, 1.165) is 32.1 Å². The third-order valence-electron chi connectivity index (χ3n) is 5.08. The third kappa shape index (κ3) is 2.20. The van der Waals surface area contributed by atoms with Gasteiger partial charge in [-0.05, 0) is 50.4 Å². The highest BCUT2D eigenvalue weighted by molar-refractivity contribution is 5.82. The Morgan fingerprint density at radius 1 is 1.00 bits per heavy atom. The number of Topliss-reactive ketones (excluding diaryl/α,β-unsaturated/α-hetero) is 1. The van der Waals surface area contributed by atoms with Crippen LogP contribution in [0, 0.1) is 11.8 Å². The van der Waals surface area contributed by atoms with Crippen molar-refractivity contribution in [2.45, 2.75) is 63.9 Å². The van der Waals surface area contributed by atoms with Gasteiger partial charge in [0, 0.05) is 12.8 Å². The molecule has 1 N–H and O–H groups in total. The summed E-state index contributed by atoms with van der Waals surface area (Å²) in [5.74, 6) is 1.67. The number of carbonyl (C=O) groups is 1. The first-order valence-corrected chi connectivity index (χ1v) is 7.13. The van der Waals surface area contributed by atoms with E-state index < -0.39 is 0 Å². The van der Waals surface area contributed by atoms with E-state index in [1.165, 1.54) is 31.3 Å². The molecule has 3 aliphatic rings. The molecule has 17 heavy (non-hydrogen) atoms. The van der Waals surface area contributed by atoms with Gasteiger partial charge in [-0.3, -0.25) is 4.79 Å². The second kappa shape index (κ2) is 4.56. The van der Waals surface area contributed by atoms with Crippen LogP contribution in [0.3, 0.4) is 0 Å². The largest absolute Gasteiger partial charge is 0.393 e. The summed E-state index contributed by atoms with van der Waals surface area (Å²) in [5.41, 5.74) is 3.02. The quantitative estimate of drug-likeness (QED) is 0.708. The van der Waals surface area contributed by atoms with E-state index in [0.29, 0.717) is 17.6 Å². The van der Waals surface area contributed by atoms with Crippen molar-refractivity contribution < 1.29 is 9.90 Å². The molecule has 1 fully saturated rings. The average Bonchev–Trinajstić information content (AvgIpc) is 2.75. The van der Waals surface area contributed by atoms with Crippen LogP contribution in [-0.4, -0.2) is 17.0 Å². The Hall–Kier alpha value is -0.630. The normalized spacial score (nSPS) is 38.4. The molecule has 0 unspecified atom stereocenters. The number of ketones is 1. The molecule has 94 valence electrons. The van der Waals surface area contributed by atoms with Crippen LogP contribution in [0.25, 0.3) is 0 Å². The Morgan fingerprint density at radius 2 is 1.88 bits per heavy atom. The zero-order chi connectivity index (χ0) is 11.8. The first kappa shape index (κ1) is 11.5. The zero-order valence-electron chi connectivity index (χ0n) is 10.5. The van der Waals surface area contributed by atoms with Crippen molar-refractivity contribution in [3.8, 4) is 0 Å². The van der Waals surface area contributed by atoms with Crippen LogP contribution in [0.4, 0.5) is 0 Å². The van der Waals surface area contributed by atoms with Gasteiger partial charge in [0.1, 0.15) is 5.78 Å². The third-order valence-corrected chi connectivity index (χ3v) is 5.08. The summed E-state index contributed by atoms with van der Waals surface area (Å²) in [6.07, 6.45) is 9.37. The first-order valence-electron chi connectivity index (χ1n) is 7.13. The van der Waals surface area contributed by atoms with Crippen molar-refractivity contribution in [2.24, 2.45) is 11.8 Å². The zero-order valence-corrected chi connectivity index (χ0v) is 10.5. The van der Waals surface area contributed by atoms with E-state index in [9.17, 15) is 9.90 Å². The van der Waals surface area contributed by atoms with Crippen LogP contribution in [-0.2, 0) is 4.79 Å². The Kier molecular flexibility index (Phi) is 3.08. The van der Waals surface area contributed by atoms with E-state index in [1.807, 2.05) is 0 Å². The highest BCUT2D eigenvalue weighted by Gasteiger charge is 2.35. The van der Waals surface area contributed by atoms with Gasteiger partial charge in [0.2, 0.25) is 0 Å². The molecule has 3 atom stereocenters. The molecule has 3 rings (SSSR count). The maximum Gasteiger partial charge on any atom is 0.137 e. The number of rotatable bonds is 1. The molecule has 0 saturated heterocycles. The molecule has 0 aromatic heterocycles. The molecular weight excluding hydrogens is 212 g/mol. The molecule has 0 radical (unpaired) electrons. The van der Waals surface area contributed by atoms with Crippen LogP contribution in [0.15, 0.2) is 11.1 Å². The molecule has 0 spiro atoms. The molecule has 0 aromatic carbocycles. The molecule has 0 amide bonds. The standard InChI is InChI=1S/C15H22O2/c16-13-7-6-10-8-12(5-4-11(10)9-13)14-2-1-3-15(14)17/h12,14-15,17H,1-9H2/t12-,14-,15-/m0/s1. The smallest absolute Gasteiger partial charge is 0.137 e. The molecule has 2 nitrogen and oxygen atoms in total. The molecule has 0 heterocycles. The summed E-state index contributed by atoms with van der Waals surface area (Å²) >= 11 is 0. The minimum absolute atomic E-state index is 0.0487. The van der Waals surface area contributed by atoms with Crippen molar-refractivity contribution in [3.05, 3.63) is 11.1 Å². The van der Waals surface area contributed by atoms with Crippen molar-refractivity contribution in [1.29, 1.82) is 0 Å². The molecule has 0 bridgehead atoms. The van der Waals surface area contributed by atoms with Crippen LogP contribution >= 0.6 is 0 Å². The van der Waals surface area contributed by atoms with E-state index in [4.69, 9.17) is 0 Å². The van der Waals surface area contributed by atoms with Gasteiger partial charge in [-0.1, -0.05) is 17.6 Å².